The minimum Gasteiger partial charge on any atom is -0.462 e. The third kappa shape index (κ3) is 3.65. The Morgan fingerprint density at radius 1 is 1.14 bits per heavy atom. The van der Waals surface area contributed by atoms with Gasteiger partial charge < -0.3 is 10.1 Å². The zero-order valence-corrected chi connectivity index (χ0v) is 13.1. The van der Waals surface area contributed by atoms with Gasteiger partial charge in [0.2, 0.25) is 0 Å². The Morgan fingerprint density at radius 3 is 2.45 bits per heavy atom. The minimum absolute atomic E-state index is 0.263. The van der Waals surface area contributed by atoms with E-state index < -0.39 is 5.97 Å². The topological polar surface area (TPSA) is 55.4 Å². The average molecular weight is 318 g/mol. The van der Waals surface area contributed by atoms with E-state index in [2.05, 4.69) is 5.32 Å². The van der Waals surface area contributed by atoms with Crippen molar-refractivity contribution < 1.29 is 14.3 Å². The molecule has 0 atom stereocenters. The number of esters is 1. The van der Waals surface area contributed by atoms with E-state index in [1.54, 1.807) is 56.3 Å². The standard InChI is InChI=1S/C17H16ClNO3/c1-3-22-17(21)14-5-4-6-15(11(14)2)19-16(20)12-7-9-13(18)10-8-12/h4-10H,3H2,1-2H3,(H,19,20). The largest absolute Gasteiger partial charge is 0.462 e. The lowest BCUT2D eigenvalue weighted by Gasteiger charge is -2.12. The molecule has 4 nitrogen and oxygen atoms in total. The van der Waals surface area contributed by atoms with Gasteiger partial charge in [-0.1, -0.05) is 17.7 Å². The number of benzene rings is 2. The SMILES string of the molecule is CCOC(=O)c1cccc(NC(=O)c2ccc(Cl)cc2)c1C. The molecule has 0 unspecified atom stereocenters. The Hall–Kier alpha value is -2.33. The predicted molar refractivity (Wildman–Crippen MR) is 86.5 cm³/mol. The molecule has 0 aliphatic carbocycles. The van der Waals surface area contributed by atoms with E-state index in [1.807, 2.05) is 0 Å². The maximum atomic E-state index is 12.2. The Bertz CT molecular complexity index is 696. The second-order valence-electron chi connectivity index (χ2n) is 4.66. The highest BCUT2D eigenvalue weighted by molar-refractivity contribution is 6.30. The van der Waals surface area contributed by atoms with E-state index in [0.29, 0.717) is 34.0 Å². The fraction of sp³-hybridized carbons (Fsp3) is 0.176. The van der Waals surface area contributed by atoms with Gasteiger partial charge in [-0.05, 0) is 55.8 Å². The Labute approximate surface area is 134 Å². The monoisotopic (exact) mass is 317 g/mol. The number of nitrogens with one attached hydrogen (secondary N) is 1. The molecule has 0 aliphatic rings. The molecule has 0 spiro atoms. The highest BCUT2D eigenvalue weighted by Crippen LogP contribution is 2.21. The summed E-state index contributed by atoms with van der Waals surface area (Å²) in [7, 11) is 0. The second-order valence-corrected chi connectivity index (χ2v) is 5.10. The van der Waals surface area contributed by atoms with Gasteiger partial charge in [0, 0.05) is 16.3 Å². The van der Waals surface area contributed by atoms with Crippen molar-refractivity contribution in [3.63, 3.8) is 0 Å². The lowest BCUT2D eigenvalue weighted by atomic mass is 10.1. The number of carbonyl (C=O) groups is 2. The molecule has 0 bridgehead atoms. The van der Waals surface area contributed by atoms with Crippen LogP contribution in [0.4, 0.5) is 5.69 Å². The summed E-state index contributed by atoms with van der Waals surface area (Å²) in [4.78, 5) is 24.1. The van der Waals surface area contributed by atoms with Crippen molar-refractivity contribution in [3.05, 3.63) is 64.2 Å². The van der Waals surface area contributed by atoms with E-state index >= 15 is 0 Å². The molecule has 22 heavy (non-hydrogen) atoms. The third-order valence-electron chi connectivity index (χ3n) is 3.18. The van der Waals surface area contributed by atoms with Crippen LogP contribution in [0.15, 0.2) is 42.5 Å². The van der Waals surface area contributed by atoms with Crippen molar-refractivity contribution in [2.24, 2.45) is 0 Å². The zero-order chi connectivity index (χ0) is 16.1. The molecule has 2 aromatic rings. The number of amides is 1. The average Bonchev–Trinajstić information content (AvgIpc) is 2.50. The van der Waals surface area contributed by atoms with Gasteiger partial charge in [0.1, 0.15) is 0 Å². The first kappa shape index (κ1) is 16.0. The smallest absolute Gasteiger partial charge is 0.338 e. The highest BCUT2D eigenvalue weighted by Gasteiger charge is 2.14. The molecule has 1 amide bonds. The van der Waals surface area contributed by atoms with Crippen LogP contribution in [-0.2, 0) is 4.74 Å². The quantitative estimate of drug-likeness (QED) is 0.864. The van der Waals surface area contributed by atoms with Crippen molar-refractivity contribution in [2.45, 2.75) is 13.8 Å². The zero-order valence-electron chi connectivity index (χ0n) is 12.4. The fourth-order valence-electron chi connectivity index (χ4n) is 2.00. The minimum atomic E-state index is -0.400. The molecule has 5 heteroatoms. The van der Waals surface area contributed by atoms with E-state index in [1.165, 1.54) is 0 Å². The summed E-state index contributed by atoms with van der Waals surface area (Å²) in [6.45, 7) is 3.82. The first-order valence-corrected chi connectivity index (χ1v) is 7.24. The van der Waals surface area contributed by atoms with Gasteiger partial charge in [0.25, 0.3) is 5.91 Å². The maximum absolute atomic E-state index is 12.2. The van der Waals surface area contributed by atoms with Crippen LogP contribution in [0, 0.1) is 6.92 Å². The predicted octanol–water partition coefficient (Wildman–Crippen LogP) is 4.08. The molecule has 0 fully saturated rings. The van der Waals surface area contributed by atoms with Gasteiger partial charge in [-0.3, -0.25) is 4.79 Å². The summed E-state index contributed by atoms with van der Waals surface area (Å²) >= 11 is 5.80. The molecule has 0 aromatic heterocycles. The summed E-state index contributed by atoms with van der Waals surface area (Å²) in [6, 6.07) is 11.7. The molecule has 1 N–H and O–H groups in total. The van der Waals surface area contributed by atoms with Crippen molar-refractivity contribution >= 4 is 29.2 Å². The van der Waals surface area contributed by atoms with E-state index in [9.17, 15) is 9.59 Å². The van der Waals surface area contributed by atoms with Gasteiger partial charge in [0.15, 0.2) is 0 Å². The molecule has 0 heterocycles. The lowest BCUT2D eigenvalue weighted by Crippen LogP contribution is -2.14. The molecular weight excluding hydrogens is 302 g/mol. The van der Waals surface area contributed by atoms with Gasteiger partial charge in [-0.2, -0.15) is 0 Å². The molecule has 2 aromatic carbocycles. The van der Waals surface area contributed by atoms with E-state index in [4.69, 9.17) is 16.3 Å². The first-order chi connectivity index (χ1) is 10.5. The number of anilines is 1. The maximum Gasteiger partial charge on any atom is 0.338 e. The Kier molecular flexibility index (Phi) is 5.17. The number of hydrogen-bond donors (Lipinski definition) is 1. The summed E-state index contributed by atoms with van der Waals surface area (Å²) in [5.41, 5.74) is 2.18. The number of ether oxygens (including phenoxy) is 1. The number of hydrogen-bond acceptors (Lipinski definition) is 3. The van der Waals surface area contributed by atoms with Crippen LogP contribution >= 0.6 is 11.6 Å². The summed E-state index contributed by atoms with van der Waals surface area (Å²) in [6.07, 6.45) is 0. The third-order valence-corrected chi connectivity index (χ3v) is 3.44. The van der Waals surface area contributed by atoms with Gasteiger partial charge in [-0.25, -0.2) is 4.79 Å². The van der Waals surface area contributed by atoms with Crippen LogP contribution in [0.3, 0.4) is 0 Å². The van der Waals surface area contributed by atoms with Crippen molar-refractivity contribution in [1.82, 2.24) is 0 Å². The molecule has 2 rings (SSSR count). The summed E-state index contributed by atoms with van der Waals surface area (Å²) < 4.78 is 5.00. The van der Waals surface area contributed by atoms with E-state index in [0.717, 1.165) is 0 Å². The van der Waals surface area contributed by atoms with Crippen LogP contribution in [0.1, 0.15) is 33.2 Å². The van der Waals surface area contributed by atoms with E-state index in [-0.39, 0.29) is 5.91 Å². The number of halogens is 1. The molecular formula is C17H16ClNO3. The first-order valence-electron chi connectivity index (χ1n) is 6.86. The van der Waals surface area contributed by atoms with Crippen LogP contribution in [0.2, 0.25) is 5.02 Å². The second kappa shape index (κ2) is 7.09. The molecule has 114 valence electrons. The fourth-order valence-corrected chi connectivity index (χ4v) is 2.12. The van der Waals surface area contributed by atoms with Crippen molar-refractivity contribution in [1.29, 1.82) is 0 Å². The van der Waals surface area contributed by atoms with Gasteiger partial charge in [0.05, 0.1) is 12.2 Å². The highest BCUT2D eigenvalue weighted by atomic mass is 35.5. The van der Waals surface area contributed by atoms with Crippen LogP contribution < -0.4 is 5.32 Å². The van der Waals surface area contributed by atoms with Crippen LogP contribution in [-0.4, -0.2) is 18.5 Å². The molecule has 0 aliphatic heterocycles. The number of carbonyl (C=O) groups excluding carboxylic acids is 2. The van der Waals surface area contributed by atoms with Crippen molar-refractivity contribution in [2.75, 3.05) is 11.9 Å². The summed E-state index contributed by atoms with van der Waals surface area (Å²) in [5.74, 6) is -0.664. The molecule has 0 saturated heterocycles. The van der Waals surface area contributed by atoms with Crippen LogP contribution in [0.5, 0.6) is 0 Å². The normalized spacial score (nSPS) is 10.1. The van der Waals surface area contributed by atoms with Crippen molar-refractivity contribution in [3.8, 4) is 0 Å². The van der Waals surface area contributed by atoms with Gasteiger partial charge in [-0.15, -0.1) is 0 Å². The number of rotatable bonds is 4. The molecule has 0 radical (unpaired) electrons. The Morgan fingerprint density at radius 2 is 1.82 bits per heavy atom. The molecule has 0 saturated carbocycles. The van der Waals surface area contributed by atoms with Crippen LogP contribution in [0.25, 0.3) is 0 Å². The van der Waals surface area contributed by atoms with Gasteiger partial charge >= 0.3 is 5.97 Å². The lowest BCUT2D eigenvalue weighted by molar-refractivity contribution is 0.0525. The Balaban J connectivity index is 2.22. The summed E-state index contributed by atoms with van der Waals surface area (Å²) in [5, 5.41) is 3.36.